The summed E-state index contributed by atoms with van der Waals surface area (Å²) in [6.45, 7) is 0. The van der Waals surface area contributed by atoms with E-state index in [1.54, 1.807) is 0 Å². The maximum atomic E-state index is 13.0. The van der Waals surface area contributed by atoms with Crippen molar-refractivity contribution in [2.75, 3.05) is 7.11 Å². The number of H-pyrrole nitrogens is 1. The Hall–Kier alpha value is -2.52. The van der Waals surface area contributed by atoms with Gasteiger partial charge in [-0.2, -0.15) is 5.26 Å². The summed E-state index contributed by atoms with van der Waals surface area (Å²) in [6, 6.07) is 9.02. The molecule has 2 aromatic rings. The number of nitriles is 1. The highest BCUT2D eigenvalue weighted by atomic mass is 32.1. The smallest absolute Gasteiger partial charge is 0.354 e. The molecule has 0 saturated heterocycles. The minimum absolute atomic E-state index is 0.134. The van der Waals surface area contributed by atoms with Crippen molar-refractivity contribution in [3.63, 3.8) is 0 Å². The van der Waals surface area contributed by atoms with Crippen molar-refractivity contribution in [3.05, 3.63) is 52.0 Å². The zero-order valence-electron chi connectivity index (χ0n) is 10.4. The first-order valence-electron chi connectivity index (χ1n) is 5.58. The Morgan fingerprint density at radius 1 is 1.40 bits per heavy atom. The van der Waals surface area contributed by atoms with Gasteiger partial charge < -0.3 is 9.72 Å². The SMILES string of the molecule is COC(=O)c1cc(-c2ccc(F)cc2)c(C#N)c(=S)[nH]1. The number of aromatic nitrogens is 1. The second-order valence-corrected chi connectivity index (χ2v) is 4.32. The first-order chi connectivity index (χ1) is 9.56. The van der Waals surface area contributed by atoms with Crippen LogP contribution in [-0.2, 0) is 4.74 Å². The van der Waals surface area contributed by atoms with Crippen LogP contribution in [0.5, 0.6) is 0 Å². The largest absolute Gasteiger partial charge is 0.464 e. The van der Waals surface area contributed by atoms with Gasteiger partial charge in [0.1, 0.15) is 22.2 Å². The van der Waals surface area contributed by atoms with Crippen LogP contribution in [0.2, 0.25) is 0 Å². The van der Waals surface area contributed by atoms with Gasteiger partial charge in [-0.05, 0) is 23.8 Å². The van der Waals surface area contributed by atoms with E-state index >= 15 is 0 Å². The van der Waals surface area contributed by atoms with E-state index in [-0.39, 0.29) is 21.7 Å². The van der Waals surface area contributed by atoms with E-state index in [2.05, 4.69) is 9.72 Å². The lowest BCUT2D eigenvalue weighted by atomic mass is 10.0. The highest BCUT2D eigenvalue weighted by Crippen LogP contribution is 2.25. The number of hydrogen-bond donors (Lipinski definition) is 1. The zero-order chi connectivity index (χ0) is 14.7. The second kappa shape index (κ2) is 5.63. The van der Waals surface area contributed by atoms with Crippen LogP contribution in [0.3, 0.4) is 0 Å². The van der Waals surface area contributed by atoms with Gasteiger partial charge in [-0.25, -0.2) is 9.18 Å². The fourth-order valence-electron chi connectivity index (χ4n) is 1.75. The number of methoxy groups -OCH3 is 1. The van der Waals surface area contributed by atoms with Crippen molar-refractivity contribution in [2.24, 2.45) is 0 Å². The molecule has 0 atom stereocenters. The molecule has 0 amide bonds. The number of halogens is 1. The number of ether oxygens (including phenoxy) is 1. The quantitative estimate of drug-likeness (QED) is 0.680. The zero-order valence-corrected chi connectivity index (χ0v) is 11.3. The number of carbonyl (C=O) groups excluding carboxylic acids is 1. The van der Waals surface area contributed by atoms with Gasteiger partial charge in [-0.3, -0.25) is 0 Å². The van der Waals surface area contributed by atoms with Crippen molar-refractivity contribution in [2.45, 2.75) is 0 Å². The van der Waals surface area contributed by atoms with E-state index in [0.29, 0.717) is 11.1 Å². The Morgan fingerprint density at radius 2 is 2.05 bits per heavy atom. The Morgan fingerprint density at radius 3 is 2.60 bits per heavy atom. The van der Waals surface area contributed by atoms with Crippen molar-refractivity contribution in [3.8, 4) is 17.2 Å². The summed E-state index contributed by atoms with van der Waals surface area (Å²) < 4.78 is 17.7. The number of pyridine rings is 1. The average Bonchev–Trinajstić information content (AvgIpc) is 2.46. The Balaban J connectivity index is 2.70. The molecule has 20 heavy (non-hydrogen) atoms. The number of esters is 1. The molecular formula is C14H9FN2O2S. The number of carbonyl (C=O) groups is 1. The van der Waals surface area contributed by atoms with E-state index in [0.717, 1.165) is 0 Å². The third-order valence-electron chi connectivity index (χ3n) is 2.71. The first kappa shape index (κ1) is 13.9. The molecule has 0 aliphatic carbocycles. The molecule has 0 radical (unpaired) electrons. The molecule has 1 aromatic heterocycles. The summed E-state index contributed by atoms with van der Waals surface area (Å²) in [5.41, 5.74) is 1.40. The van der Waals surface area contributed by atoms with Crippen LogP contribution in [0.1, 0.15) is 16.1 Å². The van der Waals surface area contributed by atoms with E-state index in [4.69, 9.17) is 12.2 Å². The van der Waals surface area contributed by atoms with Crippen LogP contribution in [-0.4, -0.2) is 18.1 Å². The van der Waals surface area contributed by atoms with Crippen LogP contribution >= 0.6 is 12.2 Å². The van der Waals surface area contributed by atoms with Crippen molar-refractivity contribution < 1.29 is 13.9 Å². The molecule has 1 heterocycles. The monoisotopic (exact) mass is 288 g/mol. The molecule has 1 N–H and O–H groups in total. The third-order valence-corrected chi connectivity index (χ3v) is 3.01. The lowest BCUT2D eigenvalue weighted by Crippen LogP contribution is -2.06. The van der Waals surface area contributed by atoms with Gasteiger partial charge in [0.25, 0.3) is 0 Å². The molecule has 6 heteroatoms. The lowest BCUT2D eigenvalue weighted by molar-refractivity contribution is 0.0594. The average molecular weight is 288 g/mol. The second-order valence-electron chi connectivity index (χ2n) is 3.91. The topological polar surface area (TPSA) is 65.9 Å². The molecule has 0 fully saturated rings. The minimum atomic E-state index is -0.594. The molecule has 0 aliphatic rings. The van der Waals surface area contributed by atoms with Crippen molar-refractivity contribution >= 4 is 18.2 Å². The number of hydrogen-bond acceptors (Lipinski definition) is 4. The predicted molar refractivity (Wildman–Crippen MR) is 73.1 cm³/mol. The van der Waals surface area contributed by atoms with Gasteiger partial charge in [-0.15, -0.1) is 0 Å². The standard InChI is InChI=1S/C14H9FN2O2S/c1-19-14(18)12-6-10(11(7-16)13(20)17-12)8-2-4-9(15)5-3-8/h2-6H,1H3,(H,17,20). The molecular weight excluding hydrogens is 279 g/mol. The lowest BCUT2D eigenvalue weighted by Gasteiger charge is -2.07. The molecule has 0 spiro atoms. The van der Waals surface area contributed by atoms with Gasteiger partial charge in [0.2, 0.25) is 0 Å². The van der Waals surface area contributed by atoms with Crippen LogP contribution in [0, 0.1) is 21.8 Å². The summed E-state index contributed by atoms with van der Waals surface area (Å²) in [5.74, 6) is -0.981. The fraction of sp³-hybridized carbons (Fsp3) is 0.0714. The van der Waals surface area contributed by atoms with Gasteiger partial charge in [-0.1, -0.05) is 24.4 Å². The summed E-state index contributed by atoms with van der Waals surface area (Å²) in [4.78, 5) is 14.2. The Bertz CT molecular complexity index is 760. The van der Waals surface area contributed by atoms with E-state index < -0.39 is 5.97 Å². The molecule has 100 valence electrons. The maximum Gasteiger partial charge on any atom is 0.354 e. The van der Waals surface area contributed by atoms with Crippen LogP contribution < -0.4 is 0 Å². The highest BCUT2D eigenvalue weighted by molar-refractivity contribution is 7.71. The summed E-state index contributed by atoms with van der Waals surface area (Å²) in [7, 11) is 1.25. The minimum Gasteiger partial charge on any atom is -0.464 e. The molecule has 0 unspecified atom stereocenters. The van der Waals surface area contributed by atoms with Gasteiger partial charge in [0.05, 0.1) is 12.7 Å². The Labute approximate surface area is 119 Å². The number of nitrogens with zero attached hydrogens (tertiary/aromatic N) is 1. The molecule has 4 nitrogen and oxygen atoms in total. The van der Waals surface area contributed by atoms with Gasteiger partial charge in [0.15, 0.2) is 0 Å². The van der Waals surface area contributed by atoms with Crippen LogP contribution in [0.4, 0.5) is 4.39 Å². The number of nitrogens with one attached hydrogen (secondary N) is 1. The number of benzene rings is 1. The molecule has 1 aromatic carbocycles. The predicted octanol–water partition coefficient (Wildman–Crippen LogP) is 3.21. The van der Waals surface area contributed by atoms with Crippen LogP contribution in [0.25, 0.3) is 11.1 Å². The van der Waals surface area contributed by atoms with Gasteiger partial charge >= 0.3 is 5.97 Å². The van der Waals surface area contributed by atoms with Crippen molar-refractivity contribution in [1.82, 2.24) is 4.98 Å². The van der Waals surface area contributed by atoms with E-state index in [1.165, 1.54) is 37.4 Å². The molecule has 0 bridgehead atoms. The summed E-state index contributed by atoms with van der Waals surface area (Å²) in [5, 5.41) is 9.17. The summed E-state index contributed by atoms with van der Waals surface area (Å²) in [6.07, 6.45) is 0. The molecule has 0 saturated carbocycles. The first-order valence-corrected chi connectivity index (χ1v) is 5.99. The molecule has 2 rings (SSSR count). The third kappa shape index (κ3) is 2.58. The maximum absolute atomic E-state index is 13.0. The normalized spacial score (nSPS) is 9.85. The fourth-order valence-corrected chi connectivity index (χ4v) is 2.01. The molecule has 0 aliphatic heterocycles. The van der Waals surface area contributed by atoms with E-state index in [1.807, 2.05) is 6.07 Å². The Kier molecular flexibility index (Phi) is 3.91. The van der Waals surface area contributed by atoms with Crippen molar-refractivity contribution in [1.29, 1.82) is 5.26 Å². The number of aromatic amines is 1. The highest BCUT2D eigenvalue weighted by Gasteiger charge is 2.14. The van der Waals surface area contributed by atoms with Crippen LogP contribution in [0.15, 0.2) is 30.3 Å². The van der Waals surface area contributed by atoms with E-state index in [9.17, 15) is 14.4 Å². The summed E-state index contributed by atoms with van der Waals surface area (Å²) >= 11 is 5.06. The number of rotatable bonds is 2. The van der Waals surface area contributed by atoms with Gasteiger partial charge in [0, 0.05) is 5.56 Å².